The maximum atomic E-state index is 12.1. The van der Waals surface area contributed by atoms with Crippen LogP contribution in [-0.4, -0.2) is 11.8 Å². The predicted molar refractivity (Wildman–Crippen MR) is 91.4 cm³/mol. The molecule has 1 aliphatic carbocycles. The van der Waals surface area contributed by atoms with Gasteiger partial charge in [0.05, 0.1) is 0 Å². The van der Waals surface area contributed by atoms with Gasteiger partial charge in [0.25, 0.3) is 5.91 Å². The van der Waals surface area contributed by atoms with Gasteiger partial charge in [0.2, 0.25) is 5.91 Å². The molecule has 0 radical (unpaired) electrons. The zero-order valence-electron chi connectivity index (χ0n) is 12.9. The number of rotatable bonds is 4. The Morgan fingerprint density at radius 1 is 0.783 bits per heavy atom. The molecule has 0 aliphatic heterocycles. The first kappa shape index (κ1) is 15.3. The number of carbonyl (C=O) groups is 2. The lowest BCUT2D eigenvalue weighted by Crippen LogP contribution is -2.20. The summed E-state index contributed by atoms with van der Waals surface area (Å²) in [5.41, 5.74) is 2.09. The van der Waals surface area contributed by atoms with Gasteiger partial charge in [-0.3, -0.25) is 9.59 Å². The van der Waals surface area contributed by atoms with E-state index in [1.54, 1.807) is 24.3 Å². The fourth-order valence-electron chi connectivity index (χ4n) is 2.86. The number of hydrogen-bond acceptors (Lipinski definition) is 2. The molecule has 2 N–H and O–H groups in total. The van der Waals surface area contributed by atoms with E-state index in [0.29, 0.717) is 11.3 Å². The predicted octanol–water partition coefficient (Wildman–Crippen LogP) is 4.07. The van der Waals surface area contributed by atoms with E-state index in [4.69, 9.17) is 0 Å². The summed E-state index contributed by atoms with van der Waals surface area (Å²) in [6.07, 6.45) is 4.25. The third kappa shape index (κ3) is 3.97. The van der Waals surface area contributed by atoms with Gasteiger partial charge in [-0.25, -0.2) is 0 Å². The molecule has 1 saturated carbocycles. The van der Waals surface area contributed by atoms with Crippen LogP contribution in [0.2, 0.25) is 0 Å². The second-order valence-electron chi connectivity index (χ2n) is 5.87. The number of anilines is 2. The molecule has 1 aliphatic rings. The molecule has 0 spiro atoms. The Hall–Kier alpha value is -2.62. The van der Waals surface area contributed by atoms with Crippen molar-refractivity contribution < 1.29 is 9.59 Å². The van der Waals surface area contributed by atoms with Crippen molar-refractivity contribution in [2.75, 3.05) is 10.6 Å². The lowest BCUT2D eigenvalue weighted by Gasteiger charge is -2.11. The molecule has 118 valence electrons. The summed E-state index contributed by atoms with van der Waals surface area (Å²) in [6, 6.07) is 16.3. The zero-order chi connectivity index (χ0) is 16.1. The third-order valence-electron chi connectivity index (χ3n) is 4.17. The van der Waals surface area contributed by atoms with Crippen LogP contribution < -0.4 is 10.6 Å². The van der Waals surface area contributed by atoms with Crippen molar-refractivity contribution in [2.24, 2.45) is 5.92 Å². The molecule has 0 saturated heterocycles. The molecule has 4 heteroatoms. The molecule has 23 heavy (non-hydrogen) atoms. The second kappa shape index (κ2) is 7.09. The summed E-state index contributed by atoms with van der Waals surface area (Å²) in [4.78, 5) is 24.2. The van der Waals surface area contributed by atoms with Gasteiger partial charge in [0.1, 0.15) is 0 Å². The molecule has 2 aromatic carbocycles. The molecule has 4 nitrogen and oxygen atoms in total. The standard InChI is InChI=1S/C19H20N2O2/c22-18(14-6-2-1-3-7-14)20-16-10-12-17(13-11-16)21-19(23)15-8-4-5-9-15/h1-3,6-7,10-13,15H,4-5,8-9H2,(H,20,22)(H,21,23). The Labute approximate surface area is 135 Å². The van der Waals surface area contributed by atoms with Crippen molar-refractivity contribution in [1.82, 2.24) is 0 Å². The summed E-state index contributed by atoms with van der Waals surface area (Å²) in [5.74, 6) is 0.101. The minimum absolute atomic E-state index is 0.101. The van der Waals surface area contributed by atoms with Crippen molar-refractivity contribution >= 4 is 23.2 Å². The van der Waals surface area contributed by atoms with Crippen molar-refractivity contribution in [3.05, 3.63) is 60.2 Å². The number of amides is 2. The highest BCUT2D eigenvalue weighted by Gasteiger charge is 2.22. The third-order valence-corrected chi connectivity index (χ3v) is 4.17. The molecule has 1 fully saturated rings. The van der Waals surface area contributed by atoms with E-state index < -0.39 is 0 Å². The van der Waals surface area contributed by atoms with Crippen LogP contribution in [0.3, 0.4) is 0 Å². The molecule has 0 unspecified atom stereocenters. The van der Waals surface area contributed by atoms with Crippen LogP contribution >= 0.6 is 0 Å². The van der Waals surface area contributed by atoms with Gasteiger partial charge >= 0.3 is 0 Å². The fraction of sp³-hybridized carbons (Fsp3) is 0.263. The van der Waals surface area contributed by atoms with Crippen molar-refractivity contribution in [2.45, 2.75) is 25.7 Å². The summed E-state index contributed by atoms with van der Waals surface area (Å²) in [7, 11) is 0. The highest BCUT2D eigenvalue weighted by molar-refractivity contribution is 6.04. The van der Waals surface area contributed by atoms with E-state index in [-0.39, 0.29) is 17.7 Å². The fourth-order valence-corrected chi connectivity index (χ4v) is 2.86. The maximum absolute atomic E-state index is 12.1. The Balaban J connectivity index is 1.58. The summed E-state index contributed by atoms with van der Waals surface area (Å²) in [6.45, 7) is 0. The molecular formula is C19H20N2O2. The molecule has 3 rings (SSSR count). The molecule has 0 heterocycles. The van der Waals surface area contributed by atoms with Gasteiger partial charge in [0, 0.05) is 22.9 Å². The van der Waals surface area contributed by atoms with Crippen molar-refractivity contribution in [3.8, 4) is 0 Å². The molecule has 2 aromatic rings. The minimum Gasteiger partial charge on any atom is -0.326 e. The maximum Gasteiger partial charge on any atom is 0.255 e. The smallest absolute Gasteiger partial charge is 0.255 e. The van der Waals surface area contributed by atoms with Gasteiger partial charge in [-0.05, 0) is 49.2 Å². The number of benzene rings is 2. The highest BCUT2D eigenvalue weighted by Crippen LogP contribution is 2.26. The lowest BCUT2D eigenvalue weighted by molar-refractivity contribution is -0.119. The topological polar surface area (TPSA) is 58.2 Å². The van der Waals surface area contributed by atoms with Crippen molar-refractivity contribution in [1.29, 1.82) is 0 Å². The highest BCUT2D eigenvalue weighted by atomic mass is 16.2. The van der Waals surface area contributed by atoms with E-state index in [1.807, 2.05) is 30.3 Å². The molecular weight excluding hydrogens is 288 g/mol. The average Bonchev–Trinajstić information content (AvgIpc) is 3.12. The molecule has 0 atom stereocenters. The molecule has 0 bridgehead atoms. The normalized spacial score (nSPS) is 14.4. The van der Waals surface area contributed by atoms with E-state index >= 15 is 0 Å². The summed E-state index contributed by atoms with van der Waals surface area (Å²) < 4.78 is 0. The van der Waals surface area contributed by atoms with Gasteiger partial charge in [-0.15, -0.1) is 0 Å². The van der Waals surface area contributed by atoms with Crippen LogP contribution in [0.25, 0.3) is 0 Å². The van der Waals surface area contributed by atoms with Crippen LogP contribution in [-0.2, 0) is 4.79 Å². The SMILES string of the molecule is O=C(Nc1ccc(NC(=O)C2CCCC2)cc1)c1ccccc1. The van der Waals surface area contributed by atoms with Gasteiger partial charge in [-0.1, -0.05) is 31.0 Å². The van der Waals surface area contributed by atoms with Crippen LogP contribution in [0.4, 0.5) is 11.4 Å². The average molecular weight is 308 g/mol. The van der Waals surface area contributed by atoms with E-state index in [9.17, 15) is 9.59 Å². The van der Waals surface area contributed by atoms with Gasteiger partial charge < -0.3 is 10.6 Å². The second-order valence-corrected chi connectivity index (χ2v) is 5.87. The van der Waals surface area contributed by atoms with Crippen LogP contribution in [0, 0.1) is 5.92 Å². The van der Waals surface area contributed by atoms with Crippen LogP contribution in [0.15, 0.2) is 54.6 Å². The van der Waals surface area contributed by atoms with E-state index in [0.717, 1.165) is 31.4 Å². The van der Waals surface area contributed by atoms with E-state index in [1.165, 1.54) is 0 Å². The van der Waals surface area contributed by atoms with Crippen LogP contribution in [0.5, 0.6) is 0 Å². The van der Waals surface area contributed by atoms with Crippen molar-refractivity contribution in [3.63, 3.8) is 0 Å². The Kier molecular flexibility index (Phi) is 4.71. The number of carbonyl (C=O) groups excluding carboxylic acids is 2. The van der Waals surface area contributed by atoms with Crippen LogP contribution in [0.1, 0.15) is 36.0 Å². The Morgan fingerprint density at radius 3 is 1.96 bits per heavy atom. The quantitative estimate of drug-likeness (QED) is 0.894. The number of hydrogen-bond donors (Lipinski definition) is 2. The van der Waals surface area contributed by atoms with Gasteiger partial charge in [-0.2, -0.15) is 0 Å². The molecule has 2 amide bonds. The monoisotopic (exact) mass is 308 g/mol. The minimum atomic E-state index is -0.145. The van der Waals surface area contributed by atoms with E-state index in [2.05, 4.69) is 10.6 Å². The number of nitrogens with one attached hydrogen (secondary N) is 2. The first-order valence-corrected chi connectivity index (χ1v) is 8.00. The van der Waals surface area contributed by atoms with Gasteiger partial charge in [0.15, 0.2) is 0 Å². The Bertz CT molecular complexity index is 674. The summed E-state index contributed by atoms with van der Waals surface area (Å²) >= 11 is 0. The lowest BCUT2D eigenvalue weighted by atomic mass is 10.1. The molecule has 0 aromatic heterocycles. The first-order valence-electron chi connectivity index (χ1n) is 8.00. The largest absolute Gasteiger partial charge is 0.326 e. The first-order chi connectivity index (χ1) is 11.2. The Morgan fingerprint density at radius 2 is 1.35 bits per heavy atom. The zero-order valence-corrected chi connectivity index (χ0v) is 12.9. The summed E-state index contributed by atoms with van der Waals surface area (Å²) in [5, 5.41) is 5.79.